The third kappa shape index (κ3) is 3.39. The lowest BCUT2D eigenvalue weighted by atomic mass is 10.1. The smallest absolute Gasteiger partial charge is 0.320 e. The highest BCUT2D eigenvalue weighted by Crippen LogP contribution is 2.15. The van der Waals surface area contributed by atoms with Crippen molar-refractivity contribution in [3.63, 3.8) is 0 Å². The molecule has 0 radical (unpaired) electrons. The molecule has 0 spiro atoms. The maximum absolute atomic E-state index is 12.2. The van der Waals surface area contributed by atoms with Gasteiger partial charge in [-0.15, -0.1) is 0 Å². The molecule has 3 nitrogen and oxygen atoms in total. The second-order valence-electron chi connectivity index (χ2n) is 4.82. The number of hydrogen-bond donors (Lipinski definition) is 0. The van der Waals surface area contributed by atoms with Crippen molar-refractivity contribution in [2.45, 2.75) is 25.8 Å². The summed E-state index contributed by atoms with van der Waals surface area (Å²) in [6.07, 6.45) is 3.48. The van der Waals surface area contributed by atoms with Gasteiger partial charge in [0.15, 0.2) is 0 Å². The predicted octanol–water partition coefficient (Wildman–Crippen LogP) is 3.38. The van der Waals surface area contributed by atoms with Gasteiger partial charge in [0.2, 0.25) is 0 Å². The van der Waals surface area contributed by atoms with Crippen molar-refractivity contribution < 1.29 is 4.79 Å². The van der Waals surface area contributed by atoms with Gasteiger partial charge in [-0.25, -0.2) is 4.79 Å². The molecule has 1 aliphatic rings. The Hall–Kier alpha value is -1.22. The van der Waals surface area contributed by atoms with E-state index < -0.39 is 0 Å². The Kier molecular flexibility index (Phi) is 4.48. The highest BCUT2D eigenvalue weighted by molar-refractivity contribution is 6.30. The molecule has 2 rings (SSSR count). The van der Waals surface area contributed by atoms with Crippen LogP contribution in [0, 0.1) is 0 Å². The first-order valence-corrected chi connectivity index (χ1v) is 6.79. The summed E-state index contributed by atoms with van der Waals surface area (Å²) in [5, 5.41) is 0.714. The van der Waals surface area contributed by atoms with E-state index in [4.69, 9.17) is 11.6 Å². The van der Waals surface area contributed by atoms with E-state index in [0.29, 0.717) is 11.6 Å². The Labute approximate surface area is 113 Å². The molecule has 4 heteroatoms. The summed E-state index contributed by atoms with van der Waals surface area (Å²) >= 11 is 5.94. The van der Waals surface area contributed by atoms with E-state index in [1.54, 1.807) is 4.90 Å². The highest BCUT2D eigenvalue weighted by atomic mass is 35.5. The van der Waals surface area contributed by atoms with Gasteiger partial charge in [0, 0.05) is 31.7 Å². The summed E-state index contributed by atoms with van der Waals surface area (Å²) in [6.45, 7) is 2.38. The zero-order chi connectivity index (χ0) is 13.0. The molecule has 0 saturated carbocycles. The normalized spacial score (nSPS) is 15.6. The Morgan fingerprint density at radius 2 is 2.06 bits per heavy atom. The molecule has 0 aliphatic carbocycles. The van der Waals surface area contributed by atoms with E-state index in [1.807, 2.05) is 36.2 Å². The Morgan fingerprint density at radius 3 is 2.72 bits per heavy atom. The van der Waals surface area contributed by atoms with Crippen LogP contribution in [0.2, 0.25) is 5.02 Å². The highest BCUT2D eigenvalue weighted by Gasteiger charge is 2.19. The van der Waals surface area contributed by atoms with Gasteiger partial charge in [-0.05, 0) is 37.0 Å². The van der Waals surface area contributed by atoms with E-state index in [1.165, 1.54) is 6.42 Å². The average Bonchev–Trinajstić information content (AvgIpc) is 2.39. The van der Waals surface area contributed by atoms with Gasteiger partial charge in [-0.1, -0.05) is 23.7 Å². The van der Waals surface area contributed by atoms with E-state index >= 15 is 0 Å². The SMILES string of the molecule is CN(Cc1cccc(Cl)c1)C(=O)N1CCCCC1. The average molecular weight is 267 g/mol. The van der Waals surface area contributed by atoms with Gasteiger partial charge in [0.25, 0.3) is 0 Å². The molecule has 1 fully saturated rings. The number of halogens is 1. The molecule has 2 amide bonds. The summed E-state index contributed by atoms with van der Waals surface area (Å²) in [7, 11) is 1.85. The molecule has 0 unspecified atom stereocenters. The molecular formula is C14H19ClN2O. The van der Waals surface area contributed by atoms with E-state index in [2.05, 4.69) is 0 Å². The second-order valence-corrected chi connectivity index (χ2v) is 5.25. The molecule has 0 bridgehead atoms. The van der Waals surface area contributed by atoms with Crippen molar-refractivity contribution in [2.24, 2.45) is 0 Å². The van der Waals surface area contributed by atoms with Gasteiger partial charge >= 0.3 is 6.03 Å². The van der Waals surface area contributed by atoms with Crippen LogP contribution < -0.4 is 0 Å². The van der Waals surface area contributed by atoms with E-state index in [9.17, 15) is 4.79 Å². The molecule has 1 saturated heterocycles. The number of rotatable bonds is 2. The van der Waals surface area contributed by atoms with Gasteiger partial charge < -0.3 is 9.80 Å². The monoisotopic (exact) mass is 266 g/mol. The van der Waals surface area contributed by atoms with Crippen LogP contribution in [0.1, 0.15) is 24.8 Å². The number of amides is 2. The molecule has 0 N–H and O–H groups in total. The minimum Gasteiger partial charge on any atom is -0.325 e. The van der Waals surface area contributed by atoms with Crippen LogP contribution in [0.4, 0.5) is 4.79 Å². The molecule has 1 aromatic carbocycles. The maximum Gasteiger partial charge on any atom is 0.320 e. The van der Waals surface area contributed by atoms with Gasteiger partial charge in [-0.2, -0.15) is 0 Å². The number of urea groups is 1. The van der Waals surface area contributed by atoms with Crippen molar-refractivity contribution in [3.05, 3.63) is 34.9 Å². The predicted molar refractivity (Wildman–Crippen MR) is 73.7 cm³/mol. The van der Waals surface area contributed by atoms with Crippen molar-refractivity contribution >= 4 is 17.6 Å². The van der Waals surface area contributed by atoms with Crippen molar-refractivity contribution in [1.82, 2.24) is 9.80 Å². The zero-order valence-corrected chi connectivity index (χ0v) is 11.5. The van der Waals surface area contributed by atoms with Crippen LogP contribution in [-0.4, -0.2) is 36.0 Å². The number of carbonyl (C=O) groups excluding carboxylic acids is 1. The fourth-order valence-corrected chi connectivity index (χ4v) is 2.52. The van der Waals surface area contributed by atoms with Gasteiger partial charge in [0.1, 0.15) is 0 Å². The van der Waals surface area contributed by atoms with Gasteiger partial charge in [-0.3, -0.25) is 0 Å². The number of nitrogens with zero attached hydrogens (tertiary/aromatic N) is 2. The summed E-state index contributed by atoms with van der Waals surface area (Å²) in [5.74, 6) is 0. The van der Waals surface area contributed by atoms with Crippen LogP contribution in [-0.2, 0) is 6.54 Å². The fourth-order valence-electron chi connectivity index (χ4n) is 2.30. The Balaban J connectivity index is 1.94. The third-order valence-corrected chi connectivity index (χ3v) is 3.50. The minimum atomic E-state index is 0.120. The van der Waals surface area contributed by atoms with Crippen LogP contribution in [0.5, 0.6) is 0 Å². The van der Waals surface area contributed by atoms with Crippen LogP contribution in [0.15, 0.2) is 24.3 Å². The standard InChI is InChI=1S/C14H19ClN2O/c1-16(11-12-6-5-7-13(15)10-12)14(18)17-8-3-2-4-9-17/h5-7,10H,2-4,8-9,11H2,1H3. The van der Waals surface area contributed by atoms with Crippen LogP contribution in [0.25, 0.3) is 0 Å². The first-order chi connectivity index (χ1) is 8.66. The third-order valence-electron chi connectivity index (χ3n) is 3.26. The Morgan fingerprint density at radius 1 is 1.33 bits per heavy atom. The largest absolute Gasteiger partial charge is 0.325 e. The molecule has 1 aromatic rings. The minimum absolute atomic E-state index is 0.120. The van der Waals surface area contributed by atoms with E-state index in [0.717, 1.165) is 31.5 Å². The fraction of sp³-hybridized carbons (Fsp3) is 0.500. The molecule has 1 aliphatic heterocycles. The number of carbonyl (C=O) groups is 1. The topological polar surface area (TPSA) is 23.6 Å². The zero-order valence-electron chi connectivity index (χ0n) is 10.7. The molecule has 0 atom stereocenters. The molecule has 98 valence electrons. The lowest BCUT2D eigenvalue weighted by molar-refractivity contribution is 0.151. The number of hydrogen-bond acceptors (Lipinski definition) is 1. The van der Waals surface area contributed by atoms with Crippen LogP contribution >= 0.6 is 11.6 Å². The van der Waals surface area contributed by atoms with Crippen LogP contribution in [0.3, 0.4) is 0 Å². The van der Waals surface area contributed by atoms with E-state index in [-0.39, 0.29) is 6.03 Å². The van der Waals surface area contributed by atoms with Crippen molar-refractivity contribution in [1.29, 1.82) is 0 Å². The Bertz CT molecular complexity index is 416. The summed E-state index contributed by atoms with van der Waals surface area (Å²) in [4.78, 5) is 15.9. The lowest BCUT2D eigenvalue weighted by Crippen LogP contribution is -2.43. The summed E-state index contributed by atoms with van der Waals surface area (Å²) in [5.41, 5.74) is 1.07. The maximum atomic E-state index is 12.2. The first-order valence-electron chi connectivity index (χ1n) is 6.41. The molecule has 0 aromatic heterocycles. The second kappa shape index (κ2) is 6.10. The van der Waals surface area contributed by atoms with Gasteiger partial charge in [0.05, 0.1) is 0 Å². The number of benzene rings is 1. The number of likely N-dealkylation sites (tertiary alicyclic amines) is 1. The quantitative estimate of drug-likeness (QED) is 0.805. The molecule has 1 heterocycles. The number of piperidine rings is 1. The summed E-state index contributed by atoms with van der Waals surface area (Å²) in [6, 6.07) is 7.77. The summed E-state index contributed by atoms with van der Waals surface area (Å²) < 4.78 is 0. The first kappa shape index (κ1) is 13.2. The molecular weight excluding hydrogens is 248 g/mol. The van der Waals surface area contributed by atoms with Crippen molar-refractivity contribution in [2.75, 3.05) is 20.1 Å². The molecule has 18 heavy (non-hydrogen) atoms. The lowest BCUT2D eigenvalue weighted by Gasteiger charge is -2.31. The van der Waals surface area contributed by atoms with Crippen molar-refractivity contribution in [3.8, 4) is 0 Å².